The van der Waals surface area contributed by atoms with Crippen molar-refractivity contribution in [2.45, 2.75) is 32.9 Å². The van der Waals surface area contributed by atoms with Crippen molar-refractivity contribution in [1.29, 1.82) is 0 Å². The molecule has 0 unspecified atom stereocenters. The van der Waals surface area contributed by atoms with Crippen molar-refractivity contribution in [3.05, 3.63) is 28.2 Å². The Hall–Kier alpha value is -1.73. The molecule has 0 saturated carbocycles. The maximum absolute atomic E-state index is 12.8. The van der Waals surface area contributed by atoms with Crippen LogP contribution in [0, 0.1) is 5.92 Å². The molecule has 2 aliphatic rings. The number of rotatable bonds is 4. The first-order valence-electron chi connectivity index (χ1n) is 8.79. The van der Waals surface area contributed by atoms with Gasteiger partial charge in [0, 0.05) is 44.8 Å². The van der Waals surface area contributed by atoms with Crippen molar-refractivity contribution in [2.75, 3.05) is 39.4 Å². The molecule has 2 aliphatic heterocycles. The molecule has 2 atom stereocenters. The summed E-state index contributed by atoms with van der Waals surface area (Å²) in [4.78, 5) is 28.9. The second-order valence-corrected chi connectivity index (χ2v) is 6.68. The molecular weight excluding hydrogens is 308 g/mol. The van der Waals surface area contributed by atoms with Crippen LogP contribution in [0.4, 0.5) is 0 Å². The fourth-order valence-corrected chi connectivity index (χ4v) is 3.60. The minimum Gasteiger partial charge on any atom is -0.379 e. The zero-order valence-corrected chi connectivity index (χ0v) is 14.5. The third-order valence-electron chi connectivity index (χ3n) is 4.90. The average molecular weight is 334 g/mol. The first kappa shape index (κ1) is 17.1. The highest BCUT2D eigenvalue weighted by molar-refractivity contribution is 5.92. The van der Waals surface area contributed by atoms with Crippen LogP contribution in [0.25, 0.3) is 0 Å². The van der Waals surface area contributed by atoms with E-state index >= 15 is 0 Å². The van der Waals surface area contributed by atoms with E-state index in [0.29, 0.717) is 30.7 Å². The predicted molar refractivity (Wildman–Crippen MR) is 90.0 cm³/mol. The molecule has 1 aromatic rings. The van der Waals surface area contributed by atoms with Gasteiger partial charge in [-0.1, -0.05) is 13.8 Å². The number of nitrogens with zero attached hydrogens (tertiary/aromatic N) is 4. The summed E-state index contributed by atoms with van der Waals surface area (Å²) in [5, 5.41) is 4.25. The van der Waals surface area contributed by atoms with E-state index in [4.69, 9.17) is 4.74 Å². The van der Waals surface area contributed by atoms with Crippen LogP contribution in [0.15, 0.2) is 16.9 Å². The van der Waals surface area contributed by atoms with Gasteiger partial charge < -0.3 is 9.64 Å². The van der Waals surface area contributed by atoms with Crippen LogP contribution < -0.4 is 5.56 Å². The monoisotopic (exact) mass is 334 g/mol. The number of carbonyl (C=O) groups excluding carboxylic acids is 1. The fraction of sp³-hybridized carbons (Fsp3) is 0.706. The minimum atomic E-state index is -0.158. The first-order chi connectivity index (χ1) is 11.6. The van der Waals surface area contributed by atoms with Crippen molar-refractivity contribution in [1.82, 2.24) is 19.6 Å². The van der Waals surface area contributed by atoms with Gasteiger partial charge >= 0.3 is 0 Å². The van der Waals surface area contributed by atoms with E-state index in [1.807, 2.05) is 11.8 Å². The molecule has 7 heteroatoms. The molecule has 2 fully saturated rings. The van der Waals surface area contributed by atoms with E-state index in [2.05, 4.69) is 16.9 Å². The first-order valence-corrected chi connectivity index (χ1v) is 8.79. The highest BCUT2D eigenvalue weighted by Gasteiger charge is 2.37. The maximum atomic E-state index is 12.8. The van der Waals surface area contributed by atoms with Crippen molar-refractivity contribution < 1.29 is 9.53 Å². The van der Waals surface area contributed by atoms with Crippen molar-refractivity contribution in [3.8, 4) is 0 Å². The maximum Gasteiger partial charge on any atom is 0.274 e. The van der Waals surface area contributed by atoms with Crippen LogP contribution in [0.1, 0.15) is 30.8 Å². The SMILES string of the molecule is CCCn1nc(C(=O)N2C[C@H](C)[C@@H](N3CCOCC3)C2)ccc1=O. The van der Waals surface area contributed by atoms with Crippen LogP contribution in [-0.4, -0.2) is 70.9 Å². The van der Waals surface area contributed by atoms with Crippen LogP contribution in [-0.2, 0) is 11.3 Å². The van der Waals surface area contributed by atoms with Gasteiger partial charge in [-0.2, -0.15) is 5.10 Å². The molecule has 1 aromatic heterocycles. The molecule has 0 aliphatic carbocycles. The fourth-order valence-electron chi connectivity index (χ4n) is 3.60. The number of ether oxygens (including phenoxy) is 1. The summed E-state index contributed by atoms with van der Waals surface area (Å²) in [6, 6.07) is 3.36. The topological polar surface area (TPSA) is 67.7 Å². The number of aryl methyl sites for hydroxylation is 1. The Labute approximate surface area is 142 Å². The number of amides is 1. The lowest BCUT2D eigenvalue weighted by atomic mass is 10.0. The van der Waals surface area contributed by atoms with E-state index in [1.54, 1.807) is 6.07 Å². The average Bonchev–Trinajstić information content (AvgIpc) is 2.99. The predicted octanol–water partition coefficient (Wildman–Crippen LogP) is 0.446. The lowest BCUT2D eigenvalue weighted by molar-refractivity contribution is 0.0119. The smallest absolute Gasteiger partial charge is 0.274 e. The second-order valence-electron chi connectivity index (χ2n) is 6.68. The highest BCUT2D eigenvalue weighted by Crippen LogP contribution is 2.23. The summed E-state index contributed by atoms with van der Waals surface area (Å²) >= 11 is 0. The Morgan fingerprint density at radius 1 is 1.29 bits per heavy atom. The Bertz CT molecular complexity index is 639. The third kappa shape index (κ3) is 3.52. The molecule has 24 heavy (non-hydrogen) atoms. The molecule has 132 valence electrons. The summed E-state index contributed by atoms with van der Waals surface area (Å²) in [5.74, 6) is 0.344. The number of hydrogen-bond acceptors (Lipinski definition) is 5. The van der Waals surface area contributed by atoms with E-state index in [9.17, 15) is 9.59 Å². The van der Waals surface area contributed by atoms with Gasteiger partial charge in [0.05, 0.1) is 13.2 Å². The minimum absolute atomic E-state index is 0.0811. The van der Waals surface area contributed by atoms with E-state index in [-0.39, 0.29) is 11.5 Å². The molecule has 2 saturated heterocycles. The normalized spacial score (nSPS) is 25.2. The largest absolute Gasteiger partial charge is 0.379 e. The van der Waals surface area contributed by atoms with E-state index in [1.165, 1.54) is 10.7 Å². The summed E-state index contributed by atoms with van der Waals surface area (Å²) < 4.78 is 6.80. The van der Waals surface area contributed by atoms with Gasteiger partial charge in [0.1, 0.15) is 5.69 Å². The lowest BCUT2D eigenvalue weighted by Gasteiger charge is -2.33. The van der Waals surface area contributed by atoms with E-state index < -0.39 is 0 Å². The number of aromatic nitrogens is 2. The van der Waals surface area contributed by atoms with Gasteiger partial charge in [-0.3, -0.25) is 14.5 Å². The number of likely N-dealkylation sites (tertiary alicyclic amines) is 1. The van der Waals surface area contributed by atoms with Gasteiger partial charge in [0.15, 0.2) is 0 Å². The number of hydrogen-bond donors (Lipinski definition) is 0. The molecule has 7 nitrogen and oxygen atoms in total. The Balaban J connectivity index is 1.71. The van der Waals surface area contributed by atoms with Crippen LogP contribution in [0.2, 0.25) is 0 Å². The quantitative estimate of drug-likeness (QED) is 0.800. The Morgan fingerprint density at radius 3 is 2.75 bits per heavy atom. The molecule has 0 radical (unpaired) electrons. The van der Waals surface area contributed by atoms with Crippen LogP contribution in [0.5, 0.6) is 0 Å². The highest BCUT2D eigenvalue weighted by atomic mass is 16.5. The lowest BCUT2D eigenvalue weighted by Crippen LogP contribution is -2.47. The Morgan fingerprint density at radius 2 is 2.04 bits per heavy atom. The van der Waals surface area contributed by atoms with Gasteiger partial charge in [-0.15, -0.1) is 0 Å². The summed E-state index contributed by atoms with van der Waals surface area (Å²) in [6.07, 6.45) is 0.810. The zero-order valence-electron chi connectivity index (χ0n) is 14.5. The number of carbonyl (C=O) groups is 1. The van der Waals surface area contributed by atoms with E-state index in [0.717, 1.165) is 39.3 Å². The number of morpholine rings is 1. The Kier molecular flexibility index (Phi) is 5.30. The molecule has 0 spiro atoms. The summed E-state index contributed by atoms with van der Waals surface area (Å²) in [5.41, 5.74) is 0.201. The zero-order chi connectivity index (χ0) is 17.1. The molecule has 0 aromatic carbocycles. The summed E-state index contributed by atoms with van der Waals surface area (Å²) in [6.45, 7) is 9.54. The summed E-state index contributed by atoms with van der Waals surface area (Å²) in [7, 11) is 0. The molecule has 0 bridgehead atoms. The molecule has 3 heterocycles. The molecule has 1 amide bonds. The van der Waals surface area contributed by atoms with Crippen LogP contribution >= 0.6 is 0 Å². The van der Waals surface area contributed by atoms with Crippen LogP contribution in [0.3, 0.4) is 0 Å². The second kappa shape index (κ2) is 7.44. The van der Waals surface area contributed by atoms with Crippen molar-refractivity contribution in [3.63, 3.8) is 0 Å². The van der Waals surface area contributed by atoms with Crippen molar-refractivity contribution >= 4 is 5.91 Å². The molecule has 0 N–H and O–H groups in total. The van der Waals surface area contributed by atoms with Crippen molar-refractivity contribution in [2.24, 2.45) is 5.92 Å². The standard InChI is InChI=1S/C17H26N4O3/c1-3-6-21-16(22)5-4-14(18-21)17(23)20-11-13(2)15(12-20)19-7-9-24-10-8-19/h4-5,13,15H,3,6-12H2,1-2H3/t13-,15-/m0/s1. The molecular formula is C17H26N4O3. The third-order valence-corrected chi connectivity index (χ3v) is 4.90. The molecule has 3 rings (SSSR count). The van der Waals surface area contributed by atoms with Gasteiger partial charge in [0.2, 0.25) is 0 Å². The van der Waals surface area contributed by atoms with Gasteiger partial charge in [0.25, 0.3) is 11.5 Å². The van der Waals surface area contributed by atoms with Gasteiger partial charge in [-0.25, -0.2) is 4.68 Å². The van der Waals surface area contributed by atoms with Gasteiger partial charge in [-0.05, 0) is 18.4 Å².